The van der Waals surface area contributed by atoms with Crippen LogP contribution in [0.4, 0.5) is 0 Å². The molecule has 0 saturated heterocycles. The Balaban J connectivity index is -0.000000125. The summed E-state index contributed by atoms with van der Waals surface area (Å²) < 4.78 is 0. The quantitative estimate of drug-likeness (QED) is 0.0402. The molecular formula is C44H72O20Zr. The summed E-state index contributed by atoms with van der Waals surface area (Å²) in [6.45, 7) is 15.9. The van der Waals surface area contributed by atoms with Crippen molar-refractivity contribution in [2.24, 2.45) is 0 Å². The van der Waals surface area contributed by atoms with Crippen molar-refractivity contribution in [3.8, 4) is 0 Å². The predicted octanol–water partition coefficient (Wildman–Crippen LogP) is 2.02. The summed E-state index contributed by atoms with van der Waals surface area (Å²) in [6.07, 6.45) is 8.05. The first kappa shape index (κ1) is 75.0. The molecular weight excluding hydrogens is 940 g/mol. The first-order valence-corrected chi connectivity index (χ1v) is 21.6. The first-order chi connectivity index (χ1) is 30.1. The predicted molar refractivity (Wildman–Crippen MR) is 221 cm³/mol. The van der Waals surface area contributed by atoms with Crippen molar-refractivity contribution in [1.29, 1.82) is 0 Å². The number of carbonyl (C=O) groups is 12. The van der Waals surface area contributed by atoms with Gasteiger partial charge in [-0.3, -0.25) is 38.5 Å². The zero-order valence-corrected chi connectivity index (χ0v) is 42.1. The minimum atomic E-state index is -1.28. The Morgan fingerprint density at radius 1 is 0.308 bits per heavy atom. The van der Waals surface area contributed by atoms with Crippen LogP contribution in [0.25, 0.3) is 0 Å². The number of carboxylic acid groups (broad SMARTS) is 4. The summed E-state index contributed by atoms with van der Waals surface area (Å²) in [6, 6.07) is 0. The van der Waals surface area contributed by atoms with Crippen molar-refractivity contribution in [2.75, 3.05) is 13.2 Å². The van der Waals surface area contributed by atoms with E-state index >= 15 is 0 Å². The van der Waals surface area contributed by atoms with Crippen molar-refractivity contribution in [2.45, 2.75) is 197 Å². The van der Waals surface area contributed by atoms with Crippen LogP contribution in [0.2, 0.25) is 0 Å². The number of ketones is 6. The topological polar surface area (TPSA) is 334 Å². The van der Waals surface area contributed by atoms with E-state index in [9.17, 15) is 78.0 Å². The fourth-order valence-electron chi connectivity index (χ4n) is 3.85. The molecule has 0 atom stereocenters. The molecule has 0 N–H and O–H groups in total. The molecule has 372 valence electrons. The summed E-state index contributed by atoms with van der Waals surface area (Å²) in [4.78, 5) is 143. The summed E-state index contributed by atoms with van der Waals surface area (Å²) in [5.74, 6) is -7.54. The Labute approximate surface area is 402 Å². The molecule has 0 aliphatic carbocycles. The van der Waals surface area contributed by atoms with E-state index in [-0.39, 0.29) is 73.7 Å². The summed E-state index contributed by atoms with van der Waals surface area (Å²) >= 11 is 0. The number of aliphatic carboxylic acids is 4. The second-order valence-corrected chi connectivity index (χ2v) is 13.5. The average molecular weight is 1010 g/mol. The van der Waals surface area contributed by atoms with Crippen molar-refractivity contribution in [3.05, 3.63) is 0 Å². The fourth-order valence-corrected chi connectivity index (χ4v) is 3.85. The average Bonchev–Trinajstić information content (AvgIpc) is 3.16. The number of carboxylic acids is 4. The van der Waals surface area contributed by atoms with Crippen LogP contribution in [0.15, 0.2) is 0 Å². The minimum absolute atomic E-state index is 0. The third-order valence-electron chi connectivity index (χ3n) is 6.69. The van der Waals surface area contributed by atoms with E-state index in [1.807, 2.05) is 55.4 Å². The fraction of sp³-hybridized carbons (Fsp3) is 0.727. The molecule has 0 spiro atoms. The molecule has 0 rings (SSSR count). The monoisotopic (exact) mass is 1010 g/mol. The molecule has 0 aromatic heterocycles. The molecule has 0 radical (unpaired) electrons. The number of unbranched alkanes of at least 4 members (excludes halogenated alkanes) is 2. The standard InChI is InChI=1S/2C10H18O4.4C6H10O3.Zr/c2*1-3-5-7-13-14-10(12)8-9(11)6-4-2;4*1-2-3-5(7)4-6(8)9;/h2*3-8H2,1-2H3;4*2-4H2,1H3,(H,8,9);/q;;;;;;+4/p-4. The van der Waals surface area contributed by atoms with E-state index in [4.69, 9.17) is 0 Å². The number of carbonyl (C=O) groups excluding carboxylic acids is 12. The first-order valence-electron chi connectivity index (χ1n) is 21.6. The smallest absolute Gasteiger partial charge is 0.550 e. The Morgan fingerprint density at radius 3 is 0.646 bits per heavy atom. The van der Waals surface area contributed by atoms with E-state index in [0.717, 1.165) is 38.5 Å². The Kier molecular flexibility index (Phi) is 66.5. The van der Waals surface area contributed by atoms with Crippen LogP contribution in [0.3, 0.4) is 0 Å². The molecule has 0 amide bonds. The third-order valence-corrected chi connectivity index (χ3v) is 6.69. The van der Waals surface area contributed by atoms with Gasteiger partial charge >= 0.3 is 38.1 Å². The van der Waals surface area contributed by atoms with Crippen molar-refractivity contribution < 1.29 is 124 Å². The minimum Gasteiger partial charge on any atom is -0.550 e. The van der Waals surface area contributed by atoms with Crippen LogP contribution in [-0.4, -0.2) is 83.7 Å². The maximum absolute atomic E-state index is 11.0. The molecule has 0 aliphatic rings. The van der Waals surface area contributed by atoms with Gasteiger partial charge in [-0.1, -0.05) is 68.2 Å². The van der Waals surface area contributed by atoms with E-state index in [0.29, 0.717) is 77.4 Å². The van der Waals surface area contributed by atoms with Crippen LogP contribution in [-0.2, 0) is 103 Å². The van der Waals surface area contributed by atoms with Gasteiger partial charge in [0, 0.05) is 88.1 Å². The Hall–Kier alpha value is -4.36. The van der Waals surface area contributed by atoms with E-state index in [2.05, 4.69) is 19.6 Å². The summed E-state index contributed by atoms with van der Waals surface area (Å²) in [5.41, 5.74) is 0. The third kappa shape index (κ3) is 80.4. The number of hydrogen-bond donors (Lipinski definition) is 0. The SMILES string of the molecule is CCCC(=O)CC(=O)[O-].CCCC(=O)CC(=O)[O-].CCCC(=O)CC(=O)[O-].CCCC(=O)CC(=O)[O-].CCCCOOC(=O)CC(=O)CCC.CCCCOOC(=O)CC(=O)CCC.[Zr+4]. The van der Waals surface area contributed by atoms with Crippen molar-refractivity contribution in [1.82, 2.24) is 0 Å². The van der Waals surface area contributed by atoms with E-state index in [1.165, 1.54) is 0 Å². The second kappa shape index (κ2) is 57.7. The van der Waals surface area contributed by atoms with Crippen molar-refractivity contribution >= 4 is 70.5 Å². The Morgan fingerprint density at radius 2 is 0.492 bits per heavy atom. The van der Waals surface area contributed by atoms with Gasteiger partial charge in [-0.2, -0.15) is 9.78 Å². The largest absolute Gasteiger partial charge is 4.00 e. The summed E-state index contributed by atoms with van der Waals surface area (Å²) in [7, 11) is 0. The van der Waals surface area contributed by atoms with Crippen LogP contribution in [0.1, 0.15) is 197 Å². The van der Waals surface area contributed by atoms with Gasteiger partial charge in [0.2, 0.25) is 0 Å². The molecule has 0 aliphatic heterocycles. The van der Waals surface area contributed by atoms with Crippen LogP contribution < -0.4 is 20.4 Å². The molecule has 0 aromatic rings. The molecule has 20 nitrogen and oxygen atoms in total. The van der Waals surface area contributed by atoms with E-state index in [1.54, 1.807) is 0 Å². The maximum Gasteiger partial charge on any atom is 4.00 e. The Bertz CT molecular complexity index is 1190. The molecule has 0 unspecified atom stereocenters. The van der Waals surface area contributed by atoms with E-state index < -0.39 is 61.5 Å². The number of hydrogen-bond acceptors (Lipinski definition) is 20. The van der Waals surface area contributed by atoms with Gasteiger partial charge in [-0.15, -0.1) is 0 Å². The zero-order valence-electron chi connectivity index (χ0n) is 39.6. The van der Waals surface area contributed by atoms with Crippen LogP contribution in [0.5, 0.6) is 0 Å². The molecule has 21 heteroatoms. The van der Waals surface area contributed by atoms with Gasteiger partial charge in [0.15, 0.2) is 0 Å². The zero-order chi connectivity index (χ0) is 50.7. The molecule has 0 fully saturated rings. The van der Waals surface area contributed by atoms with Crippen LogP contribution in [0, 0.1) is 0 Å². The van der Waals surface area contributed by atoms with Gasteiger partial charge in [0.25, 0.3) is 0 Å². The van der Waals surface area contributed by atoms with Gasteiger partial charge in [0.1, 0.15) is 47.5 Å². The van der Waals surface area contributed by atoms with Crippen molar-refractivity contribution in [3.63, 3.8) is 0 Å². The summed E-state index contributed by atoms with van der Waals surface area (Å²) in [5, 5.41) is 39.0. The second-order valence-electron chi connectivity index (χ2n) is 13.5. The van der Waals surface area contributed by atoms with Gasteiger partial charge in [-0.05, 0) is 51.4 Å². The maximum atomic E-state index is 11.0. The molecule has 0 heterocycles. The number of Topliss-reactive ketones (excluding diaryl/α,β-unsaturated/α-hetero) is 6. The molecule has 0 saturated carbocycles. The number of rotatable bonds is 32. The molecule has 0 aromatic carbocycles. The normalized spacial score (nSPS) is 9.23. The molecule has 0 bridgehead atoms. The van der Waals surface area contributed by atoms with Crippen LogP contribution >= 0.6 is 0 Å². The molecule has 65 heavy (non-hydrogen) atoms. The van der Waals surface area contributed by atoms with Gasteiger partial charge < -0.3 is 39.6 Å². The van der Waals surface area contributed by atoms with Gasteiger partial charge in [0.05, 0.1) is 13.2 Å². The van der Waals surface area contributed by atoms with Gasteiger partial charge in [-0.25, -0.2) is 9.59 Å².